The topological polar surface area (TPSA) is 3.24 Å². The second-order valence-corrected chi connectivity index (χ2v) is 9.14. The number of para-hydroxylation sites is 1. The molecule has 5 rings (SSSR count). The van der Waals surface area contributed by atoms with Gasteiger partial charge in [0.05, 0.1) is 5.69 Å². The molecule has 140 valence electrons. The minimum atomic E-state index is -0.0488. The minimum absolute atomic E-state index is 0.0195. The molecule has 1 nitrogen and oxygen atoms in total. The maximum atomic E-state index is 2.43. The maximum absolute atomic E-state index is 2.43. The van der Waals surface area contributed by atoms with Crippen LogP contribution in [0.2, 0.25) is 0 Å². The summed E-state index contributed by atoms with van der Waals surface area (Å²) in [6, 6.07) is 26.7. The second kappa shape index (κ2) is 5.61. The van der Waals surface area contributed by atoms with E-state index >= 15 is 0 Å². The molecular weight excluding hydrogens is 338 g/mol. The molecule has 0 spiro atoms. The Morgan fingerprint density at radius 3 is 1.75 bits per heavy atom. The Bertz CT molecular complexity index is 1230. The highest BCUT2D eigenvalue weighted by Gasteiger charge is 2.46. The molecule has 0 amide bonds. The van der Waals surface area contributed by atoms with Gasteiger partial charge < -0.3 is 4.90 Å². The van der Waals surface area contributed by atoms with Crippen molar-refractivity contribution in [2.45, 2.75) is 38.5 Å². The molecule has 0 atom stereocenters. The monoisotopic (exact) mass is 365 g/mol. The van der Waals surface area contributed by atoms with E-state index in [1.54, 1.807) is 0 Å². The molecule has 0 aromatic heterocycles. The summed E-state index contributed by atoms with van der Waals surface area (Å²) in [4.78, 5) is 2.43. The van der Waals surface area contributed by atoms with E-state index in [1.807, 2.05) is 0 Å². The van der Waals surface area contributed by atoms with Crippen LogP contribution in [-0.2, 0) is 10.8 Å². The largest absolute Gasteiger partial charge is 0.344 e. The zero-order valence-corrected chi connectivity index (χ0v) is 17.4. The van der Waals surface area contributed by atoms with Gasteiger partial charge in [-0.3, -0.25) is 0 Å². The van der Waals surface area contributed by atoms with Gasteiger partial charge in [-0.05, 0) is 33.4 Å². The van der Waals surface area contributed by atoms with Crippen molar-refractivity contribution in [3.63, 3.8) is 0 Å². The predicted molar refractivity (Wildman–Crippen MR) is 122 cm³/mol. The highest BCUT2D eigenvalue weighted by Crippen LogP contribution is 2.56. The van der Waals surface area contributed by atoms with Crippen LogP contribution < -0.4 is 4.90 Å². The second-order valence-electron chi connectivity index (χ2n) is 9.14. The fourth-order valence-electron chi connectivity index (χ4n) is 5.17. The van der Waals surface area contributed by atoms with Crippen LogP contribution in [0.1, 0.15) is 38.8 Å². The summed E-state index contributed by atoms with van der Waals surface area (Å²) in [7, 11) is 2.23. The Morgan fingerprint density at radius 2 is 1.07 bits per heavy atom. The summed E-state index contributed by atoms with van der Waals surface area (Å²) in [6.45, 7) is 9.64. The summed E-state index contributed by atoms with van der Waals surface area (Å²) in [6.07, 6.45) is 0. The fourth-order valence-corrected chi connectivity index (χ4v) is 5.17. The van der Waals surface area contributed by atoms with Crippen LogP contribution in [-0.4, -0.2) is 7.05 Å². The van der Waals surface area contributed by atoms with Gasteiger partial charge in [0.1, 0.15) is 0 Å². The van der Waals surface area contributed by atoms with Gasteiger partial charge in [0, 0.05) is 29.0 Å². The Kier molecular flexibility index (Phi) is 3.47. The van der Waals surface area contributed by atoms with Gasteiger partial charge >= 0.3 is 0 Å². The molecule has 0 fully saturated rings. The molecule has 0 saturated heterocycles. The standard InChI is InChI=1S/C27H27N/c1-26(2)22-16-10-11-17-23(22)28(5)25-21-15-9-7-13-19(21)18-12-6-8-14-20(18)24(25)27(26,3)4/h6-17H,1-5H3. The van der Waals surface area contributed by atoms with E-state index in [1.165, 1.54) is 44.0 Å². The van der Waals surface area contributed by atoms with E-state index in [9.17, 15) is 0 Å². The third kappa shape index (κ3) is 2.02. The van der Waals surface area contributed by atoms with Gasteiger partial charge in [-0.15, -0.1) is 0 Å². The lowest BCUT2D eigenvalue weighted by atomic mass is 9.60. The Balaban J connectivity index is 2.08. The number of hydrogen-bond acceptors (Lipinski definition) is 1. The van der Waals surface area contributed by atoms with Crippen LogP contribution in [0, 0.1) is 0 Å². The summed E-state index contributed by atoms with van der Waals surface area (Å²) >= 11 is 0. The lowest BCUT2D eigenvalue weighted by molar-refractivity contribution is 0.309. The molecule has 1 heterocycles. The van der Waals surface area contributed by atoms with Crippen molar-refractivity contribution in [1.82, 2.24) is 0 Å². The molecule has 0 aliphatic carbocycles. The van der Waals surface area contributed by atoms with Crippen LogP contribution in [0.5, 0.6) is 0 Å². The third-order valence-corrected chi connectivity index (χ3v) is 7.37. The lowest BCUT2D eigenvalue weighted by Gasteiger charge is -2.42. The Morgan fingerprint density at radius 1 is 0.571 bits per heavy atom. The number of benzene rings is 4. The number of anilines is 2. The van der Waals surface area contributed by atoms with Crippen LogP contribution in [0.4, 0.5) is 11.4 Å². The first-order valence-electron chi connectivity index (χ1n) is 10.1. The Labute approximate surface area is 167 Å². The van der Waals surface area contributed by atoms with Gasteiger partial charge in [-0.1, -0.05) is 94.4 Å². The van der Waals surface area contributed by atoms with Crippen LogP contribution >= 0.6 is 0 Å². The number of hydrogen-bond donors (Lipinski definition) is 0. The highest BCUT2D eigenvalue weighted by molar-refractivity contribution is 6.16. The molecule has 0 radical (unpaired) electrons. The molecule has 0 bridgehead atoms. The quantitative estimate of drug-likeness (QED) is 0.295. The fraction of sp³-hybridized carbons (Fsp3) is 0.259. The first-order chi connectivity index (χ1) is 13.4. The van der Waals surface area contributed by atoms with E-state index in [4.69, 9.17) is 0 Å². The number of nitrogens with zero attached hydrogens (tertiary/aromatic N) is 1. The van der Waals surface area contributed by atoms with E-state index < -0.39 is 0 Å². The van der Waals surface area contributed by atoms with E-state index in [0.717, 1.165) is 0 Å². The molecule has 1 heteroatoms. The van der Waals surface area contributed by atoms with E-state index in [2.05, 4.69) is 112 Å². The maximum Gasteiger partial charge on any atom is 0.0532 e. The first kappa shape index (κ1) is 17.3. The van der Waals surface area contributed by atoms with Gasteiger partial charge in [0.2, 0.25) is 0 Å². The van der Waals surface area contributed by atoms with E-state index in [-0.39, 0.29) is 10.8 Å². The average Bonchev–Trinajstić information content (AvgIpc) is 2.76. The summed E-state index contributed by atoms with van der Waals surface area (Å²) in [5, 5.41) is 5.38. The molecule has 0 saturated carbocycles. The minimum Gasteiger partial charge on any atom is -0.344 e. The predicted octanol–water partition coefficient (Wildman–Crippen LogP) is 7.33. The first-order valence-corrected chi connectivity index (χ1v) is 10.1. The summed E-state index contributed by atoms with van der Waals surface area (Å²) in [5.74, 6) is 0. The molecule has 1 aliphatic rings. The van der Waals surface area contributed by atoms with Crippen molar-refractivity contribution in [3.8, 4) is 0 Å². The van der Waals surface area contributed by atoms with Gasteiger partial charge in [0.25, 0.3) is 0 Å². The van der Waals surface area contributed by atoms with Crippen LogP contribution in [0.25, 0.3) is 21.5 Å². The van der Waals surface area contributed by atoms with Gasteiger partial charge in [-0.2, -0.15) is 0 Å². The normalized spacial score (nSPS) is 17.2. The van der Waals surface area contributed by atoms with Crippen molar-refractivity contribution in [1.29, 1.82) is 0 Å². The van der Waals surface area contributed by atoms with Crippen LogP contribution in [0.3, 0.4) is 0 Å². The molecule has 0 N–H and O–H groups in total. The molecule has 0 unspecified atom stereocenters. The molecule has 4 aromatic carbocycles. The average molecular weight is 366 g/mol. The summed E-state index contributed by atoms with van der Waals surface area (Å²) in [5.41, 5.74) is 5.44. The molecular formula is C27H27N. The van der Waals surface area contributed by atoms with Crippen molar-refractivity contribution >= 4 is 32.9 Å². The summed E-state index contributed by atoms with van der Waals surface area (Å²) < 4.78 is 0. The SMILES string of the molecule is CN1c2ccccc2C(C)(C)C(C)(C)c2c1c1ccccc1c1ccccc21. The lowest BCUT2D eigenvalue weighted by Crippen LogP contribution is -2.39. The molecule has 4 aromatic rings. The van der Waals surface area contributed by atoms with Crippen LogP contribution in [0.15, 0.2) is 72.8 Å². The zero-order chi connectivity index (χ0) is 19.7. The zero-order valence-electron chi connectivity index (χ0n) is 17.4. The highest BCUT2D eigenvalue weighted by atomic mass is 15.1. The molecule has 1 aliphatic heterocycles. The third-order valence-electron chi connectivity index (χ3n) is 7.37. The Hall–Kier alpha value is -2.80. The van der Waals surface area contributed by atoms with Crippen molar-refractivity contribution in [2.24, 2.45) is 0 Å². The van der Waals surface area contributed by atoms with Crippen molar-refractivity contribution < 1.29 is 0 Å². The number of rotatable bonds is 0. The van der Waals surface area contributed by atoms with Crippen molar-refractivity contribution in [2.75, 3.05) is 11.9 Å². The molecule has 28 heavy (non-hydrogen) atoms. The smallest absolute Gasteiger partial charge is 0.0532 e. The number of fused-ring (bicyclic) bond motifs is 7. The van der Waals surface area contributed by atoms with Gasteiger partial charge in [0.15, 0.2) is 0 Å². The van der Waals surface area contributed by atoms with Gasteiger partial charge in [-0.25, -0.2) is 0 Å². The van der Waals surface area contributed by atoms with E-state index in [0.29, 0.717) is 0 Å². The van der Waals surface area contributed by atoms with Crippen molar-refractivity contribution in [3.05, 3.63) is 83.9 Å².